The standard InChI is InChI=1S/C31H39N3O3/c1-19-17-30-10-8-25(33(3)29(37)26-16-23(36)9-12-32(26)2)28(19)31(30)11-13-34(18-20-4-5-20)27(30)14-21-6-7-22(35)15-24(21)31/h6-7,9,12,15-16,19-20,25,27-28,35H,4-5,8,10-11,13-14,17-18H2,1-3H3/t19-,25?,27?,28?,30?,31?/m0/s1. The molecule has 0 spiro atoms. The fourth-order valence-corrected chi connectivity index (χ4v) is 9.81. The van der Waals surface area contributed by atoms with Gasteiger partial charge in [0, 0.05) is 56.5 Å². The Morgan fingerprint density at radius 2 is 1.97 bits per heavy atom. The van der Waals surface area contributed by atoms with Crippen LogP contribution in [-0.2, 0) is 18.9 Å². The summed E-state index contributed by atoms with van der Waals surface area (Å²) >= 11 is 0. The fraction of sp³-hybridized carbons (Fsp3) is 0.613. The van der Waals surface area contributed by atoms with E-state index in [2.05, 4.69) is 24.0 Å². The van der Waals surface area contributed by atoms with Gasteiger partial charge in [-0.15, -0.1) is 0 Å². The zero-order valence-electron chi connectivity index (χ0n) is 22.3. The highest BCUT2D eigenvalue weighted by Crippen LogP contribution is 2.74. The van der Waals surface area contributed by atoms with Crippen LogP contribution in [0, 0.1) is 23.2 Å². The lowest BCUT2D eigenvalue weighted by atomic mass is 9.43. The number of piperidine rings is 1. The number of phenolic OH excluding ortho intramolecular Hbond substituents is 1. The Morgan fingerprint density at radius 1 is 1.16 bits per heavy atom. The third-order valence-corrected chi connectivity index (χ3v) is 11.3. The Hall–Kier alpha value is -2.60. The number of nitrogens with zero attached hydrogens (tertiary/aromatic N) is 3. The molecule has 6 atom stereocenters. The average Bonchev–Trinajstić information content (AvgIpc) is 3.67. The van der Waals surface area contributed by atoms with Crippen LogP contribution in [0.5, 0.6) is 5.75 Å². The van der Waals surface area contributed by atoms with Crippen molar-refractivity contribution in [2.24, 2.45) is 30.2 Å². The molecule has 196 valence electrons. The van der Waals surface area contributed by atoms with Gasteiger partial charge in [-0.1, -0.05) is 13.0 Å². The van der Waals surface area contributed by atoms with Crippen LogP contribution >= 0.6 is 0 Å². The topological polar surface area (TPSA) is 65.8 Å². The van der Waals surface area contributed by atoms with Crippen molar-refractivity contribution in [1.82, 2.24) is 14.4 Å². The molecule has 3 saturated carbocycles. The molecule has 1 aromatic carbocycles. The summed E-state index contributed by atoms with van der Waals surface area (Å²) in [4.78, 5) is 30.8. The van der Waals surface area contributed by atoms with E-state index in [0.717, 1.165) is 38.1 Å². The van der Waals surface area contributed by atoms with Gasteiger partial charge in [0.1, 0.15) is 11.4 Å². The zero-order valence-corrected chi connectivity index (χ0v) is 22.3. The summed E-state index contributed by atoms with van der Waals surface area (Å²) in [7, 11) is 3.79. The minimum absolute atomic E-state index is 0.0243. The molecule has 2 aromatic rings. The lowest BCUT2D eigenvalue weighted by Crippen LogP contribution is -2.70. The highest BCUT2D eigenvalue weighted by Gasteiger charge is 2.73. The third-order valence-electron chi connectivity index (χ3n) is 11.3. The number of carbonyl (C=O) groups is 1. The number of rotatable bonds is 4. The van der Waals surface area contributed by atoms with Gasteiger partial charge in [-0.3, -0.25) is 14.5 Å². The van der Waals surface area contributed by atoms with Crippen LogP contribution in [0.2, 0.25) is 0 Å². The molecule has 4 fully saturated rings. The highest BCUT2D eigenvalue weighted by molar-refractivity contribution is 5.92. The van der Waals surface area contributed by atoms with Gasteiger partial charge in [0.05, 0.1) is 0 Å². The third kappa shape index (κ3) is 3.14. The molecule has 4 bridgehead atoms. The second-order valence-corrected chi connectivity index (χ2v) is 13.0. The van der Waals surface area contributed by atoms with E-state index in [9.17, 15) is 14.7 Å². The average molecular weight is 502 g/mol. The summed E-state index contributed by atoms with van der Waals surface area (Å²) in [5, 5.41) is 10.7. The summed E-state index contributed by atoms with van der Waals surface area (Å²) in [6, 6.07) is 9.75. The molecule has 1 aromatic heterocycles. The maximum atomic E-state index is 13.8. The van der Waals surface area contributed by atoms with Crippen molar-refractivity contribution < 1.29 is 9.90 Å². The minimum Gasteiger partial charge on any atom is -0.508 e. The van der Waals surface area contributed by atoms with Crippen LogP contribution in [0.3, 0.4) is 0 Å². The summed E-state index contributed by atoms with van der Waals surface area (Å²) < 4.78 is 1.77. The monoisotopic (exact) mass is 501 g/mol. The van der Waals surface area contributed by atoms with Gasteiger partial charge in [0.2, 0.25) is 0 Å². The number of fused-ring (bicyclic) bond motifs is 1. The summed E-state index contributed by atoms with van der Waals surface area (Å²) in [6.07, 6.45) is 9.93. The number of amides is 1. The van der Waals surface area contributed by atoms with Gasteiger partial charge in [-0.2, -0.15) is 0 Å². The smallest absolute Gasteiger partial charge is 0.270 e. The Morgan fingerprint density at radius 3 is 2.76 bits per heavy atom. The van der Waals surface area contributed by atoms with Crippen LogP contribution in [0.25, 0.3) is 0 Å². The van der Waals surface area contributed by atoms with Crippen molar-refractivity contribution in [3.8, 4) is 5.75 Å². The van der Waals surface area contributed by atoms with E-state index >= 15 is 0 Å². The van der Waals surface area contributed by atoms with Crippen molar-refractivity contribution in [3.63, 3.8) is 0 Å². The zero-order chi connectivity index (χ0) is 25.7. The van der Waals surface area contributed by atoms with Crippen molar-refractivity contribution in [2.45, 2.75) is 69.4 Å². The SMILES string of the molecule is C[C@H]1CC23CCC(N(C)C(=O)c4cc(=O)ccn4C)C1C21CCN(CC2CC2)C3Cc2ccc(O)cc21. The van der Waals surface area contributed by atoms with Gasteiger partial charge in [-0.05, 0) is 97.9 Å². The number of phenols is 1. The van der Waals surface area contributed by atoms with Crippen molar-refractivity contribution in [1.29, 1.82) is 0 Å². The number of benzene rings is 1. The molecule has 1 saturated heterocycles. The fourth-order valence-electron chi connectivity index (χ4n) is 9.81. The van der Waals surface area contributed by atoms with Crippen LogP contribution in [0.15, 0.2) is 41.3 Å². The molecule has 2 heterocycles. The molecular formula is C31H39N3O3. The number of hydrogen-bond donors (Lipinski definition) is 1. The number of hydrogen-bond acceptors (Lipinski definition) is 4. The van der Waals surface area contributed by atoms with Gasteiger partial charge in [-0.25, -0.2) is 0 Å². The van der Waals surface area contributed by atoms with E-state index in [1.54, 1.807) is 10.8 Å². The molecule has 4 aliphatic carbocycles. The van der Waals surface area contributed by atoms with E-state index in [1.807, 2.05) is 25.1 Å². The molecule has 5 aliphatic rings. The first-order valence-electron chi connectivity index (χ1n) is 14.3. The Labute approximate surface area is 219 Å². The van der Waals surface area contributed by atoms with Gasteiger partial charge in [0.25, 0.3) is 5.91 Å². The lowest BCUT2D eigenvalue weighted by Gasteiger charge is -2.67. The minimum atomic E-state index is -0.132. The number of aromatic hydroxyl groups is 1. The molecule has 1 aliphatic heterocycles. The summed E-state index contributed by atoms with van der Waals surface area (Å²) in [6.45, 7) is 4.76. The van der Waals surface area contributed by atoms with Crippen LogP contribution in [0.4, 0.5) is 0 Å². The number of pyridine rings is 1. The summed E-state index contributed by atoms with van der Waals surface area (Å²) in [5.41, 5.74) is 3.26. The molecule has 6 nitrogen and oxygen atoms in total. The molecule has 5 unspecified atom stereocenters. The predicted molar refractivity (Wildman–Crippen MR) is 143 cm³/mol. The van der Waals surface area contributed by atoms with Gasteiger partial charge >= 0.3 is 0 Å². The molecule has 6 heteroatoms. The van der Waals surface area contributed by atoms with Crippen molar-refractivity contribution >= 4 is 5.91 Å². The molecule has 7 rings (SSSR count). The Balaban J connectivity index is 1.34. The van der Waals surface area contributed by atoms with Gasteiger partial charge < -0.3 is 14.6 Å². The van der Waals surface area contributed by atoms with Crippen LogP contribution in [0.1, 0.15) is 67.1 Å². The van der Waals surface area contributed by atoms with Crippen molar-refractivity contribution in [2.75, 3.05) is 20.1 Å². The first-order chi connectivity index (χ1) is 17.7. The second kappa shape index (κ2) is 7.95. The van der Waals surface area contributed by atoms with Crippen LogP contribution in [-0.4, -0.2) is 57.6 Å². The first kappa shape index (κ1) is 23.5. The molecule has 1 N–H and O–H groups in total. The molecule has 1 amide bonds. The maximum Gasteiger partial charge on any atom is 0.270 e. The first-order valence-corrected chi connectivity index (χ1v) is 14.3. The molecule has 0 radical (unpaired) electrons. The lowest BCUT2D eigenvalue weighted by molar-refractivity contribution is -0.105. The molecular weight excluding hydrogens is 462 g/mol. The van der Waals surface area contributed by atoms with E-state index in [-0.39, 0.29) is 28.2 Å². The normalized spacial score (nSPS) is 36.1. The quantitative estimate of drug-likeness (QED) is 0.689. The number of aryl methyl sites for hydroxylation is 1. The Bertz CT molecular complexity index is 1330. The maximum absolute atomic E-state index is 13.8. The second-order valence-electron chi connectivity index (χ2n) is 13.0. The van der Waals surface area contributed by atoms with Crippen molar-refractivity contribution in [3.05, 3.63) is 63.6 Å². The number of aromatic nitrogens is 1. The summed E-state index contributed by atoms with van der Waals surface area (Å²) in [5.74, 6) is 1.99. The number of likely N-dealkylation sites (tertiary alicyclic amines) is 1. The van der Waals surface area contributed by atoms with E-state index in [4.69, 9.17) is 0 Å². The number of carbonyl (C=O) groups excluding carboxylic acids is 1. The van der Waals surface area contributed by atoms with Crippen LogP contribution < -0.4 is 5.43 Å². The van der Waals surface area contributed by atoms with E-state index in [1.165, 1.54) is 49.1 Å². The van der Waals surface area contributed by atoms with E-state index in [0.29, 0.717) is 29.3 Å². The van der Waals surface area contributed by atoms with E-state index < -0.39 is 0 Å². The Kier molecular flexibility index (Phi) is 5.05. The largest absolute Gasteiger partial charge is 0.508 e. The van der Waals surface area contributed by atoms with Gasteiger partial charge in [0.15, 0.2) is 5.43 Å². The highest BCUT2D eigenvalue weighted by atomic mass is 16.3. The predicted octanol–water partition coefficient (Wildman–Crippen LogP) is 3.95. The molecule has 37 heavy (non-hydrogen) atoms.